The number of carbonyl (C=O) groups excluding carboxylic acids is 3. The van der Waals surface area contributed by atoms with Gasteiger partial charge in [-0.3, -0.25) is 14.5 Å². The van der Waals surface area contributed by atoms with Crippen LogP contribution in [0, 0.1) is 0 Å². The number of nitrogens with one attached hydrogen (secondary N) is 1. The summed E-state index contributed by atoms with van der Waals surface area (Å²) in [6, 6.07) is 3.48. The number of hydrogen-bond donors (Lipinski definition) is 1. The summed E-state index contributed by atoms with van der Waals surface area (Å²) in [5, 5.41) is 3.40. The van der Waals surface area contributed by atoms with Gasteiger partial charge in [-0.2, -0.15) is 0 Å². The first kappa shape index (κ1) is 28.9. The monoisotopic (exact) mass is 590 g/mol. The molecule has 1 saturated heterocycles. The van der Waals surface area contributed by atoms with Crippen molar-refractivity contribution in [1.82, 2.24) is 4.90 Å². The second kappa shape index (κ2) is 12.8. The Bertz CT molecular complexity index is 1310. The van der Waals surface area contributed by atoms with E-state index >= 15 is 0 Å². The molecule has 0 unspecified atom stereocenters. The van der Waals surface area contributed by atoms with Gasteiger partial charge < -0.3 is 24.3 Å². The summed E-state index contributed by atoms with van der Waals surface area (Å²) in [5.74, 6) is 0.377. The number of thioether (sulfide) groups is 1. The third-order valence-corrected chi connectivity index (χ3v) is 8.91. The molecule has 39 heavy (non-hydrogen) atoms. The van der Waals surface area contributed by atoms with Gasteiger partial charge in [-0.05, 0) is 61.9 Å². The molecule has 1 aromatic carbocycles. The van der Waals surface area contributed by atoms with Crippen LogP contribution in [0.4, 0.5) is 5.00 Å². The molecule has 0 spiro atoms. The molecule has 1 N–H and O–H groups in total. The summed E-state index contributed by atoms with van der Waals surface area (Å²) in [6.07, 6.45) is 5.46. The maximum atomic E-state index is 13.1. The number of thiocarbonyl (C=S) groups is 1. The number of benzene rings is 1. The van der Waals surface area contributed by atoms with Crippen LogP contribution in [0.3, 0.4) is 0 Å². The third-order valence-electron chi connectivity index (χ3n) is 6.32. The number of ether oxygens (including phenoxy) is 4. The molecular formula is C27H30N2O7S3. The van der Waals surface area contributed by atoms with E-state index < -0.39 is 5.97 Å². The predicted molar refractivity (Wildman–Crippen MR) is 156 cm³/mol. The number of aryl methyl sites for hydroxylation is 1. The molecule has 208 valence electrons. The van der Waals surface area contributed by atoms with Gasteiger partial charge in [-0.15, -0.1) is 11.3 Å². The van der Waals surface area contributed by atoms with Crippen molar-refractivity contribution < 1.29 is 33.3 Å². The highest BCUT2D eigenvalue weighted by Crippen LogP contribution is 2.41. The van der Waals surface area contributed by atoms with Crippen LogP contribution in [-0.4, -0.2) is 61.5 Å². The van der Waals surface area contributed by atoms with Gasteiger partial charge in [0, 0.05) is 17.8 Å². The van der Waals surface area contributed by atoms with Gasteiger partial charge in [-0.1, -0.05) is 24.0 Å². The highest BCUT2D eigenvalue weighted by Gasteiger charge is 2.33. The fraction of sp³-hybridized carbons (Fsp3) is 0.407. The molecule has 1 fully saturated rings. The van der Waals surface area contributed by atoms with E-state index in [1.54, 1.807) is 25.1 Å². The first-order chi connectivity index (χ1) is 18.8. The molecule has 1 aliphatic heterocycles. The predicted octanol–water partition coefficient (Wildman–Crippen LogP) is 5.06. The Hall–Kier alpha value is -3.09. The molecule has 2 aromatic rings. The zero-order valence-electron chi connectivity index (χ0n) is 22.2. The first-order valence-electron chi connectivity index (χ1n) is 12.5. The van der Waals surface area contributed by atoms with Crippen molar-refractivity contribution in [3.8, 4) is 17.2 Å². The number of fused-ring (bicyclic) bond motifs is 1. The largest absolute Gasteiger partial charge is 0.493 e. The molecule has 2 heterocycles. The summed E-state index contributed by atoms with van der Waals surface area (Å²) in [5.41, 5.74) is 2.12. The number of thiophene rings is 1. The minimum Gasteiger partial charge on any atom is -0.493 e. The number of methoxy groups -OCH3 is 3. The topological polar surface area (TPSA) is 103 Å². The third kappa shape index (κ3) is 6.23. The van der Waals surface area contributed by atoms with Gasteiger partial charge in [0.1, 0.15) is 9.32 Å². The maximum Gasteiger partial charge on any atom is 0.341 e. The van der Waals surface area contributed by atoms with E-state index in [0.717, 1.165) is 47.9 Å². The number of hydrogen-bond acceptors (Lipinski definition) is 10. The van der Waals surface area contributed by atoms with Gasteiger partial charge in [-0.25, -0.2) is 4.79 Å². The van der Waals surface area contributed by atoms with E-state index in [-0.39, 0.29) is 31.4 Å². The van der Waals surface area contributed by atoms with E-state index in [4.69, 9.17) is 31.2 Å². The standard InChI is InChI=1S/C27H30N2O7S3/c1-5-36-26(32)22-16-8-6-7-9-19(16)38-24(22)28-21(30)10-11-29-25(31)20(39-27(29)37)14-15-12-17(33-2)23(35-4)18(13-15)34-3/h12-14H,5-11H2,1-4H3,(H,28,30)/b20-14-. The van der Waals surface area contributed by atoms with Crippen molar-refractivity contribution in [2.45, 2.75) is 39.0 Å². The van der Waals surface area contributed by atoms with Gasteiger partial charge >= 0.3 is 5.97 Å². The van der Waals surface area contributed by atoms with Crippen LogP contribution in [-0.2, 0) is 27.2 Å². The number of esters is 1. The summed E-state index contributed by atoms with van der Waals surface area (Å²) in [7, 11) is 4.56. The van der Waals surface area contributed by atoms with Crippen LogP contribution in [0.5, 0.6) is 17.2 Å². The van der Waals surface area contributed by atoms with Crippen molar-refractivity contribution in [1.29, 1.82) is 0 Å². The SMILES string of the molecule is CCOC(=O)c1c(NC(=O)CCN2C(=O)/C(=C/c3cc(OC)c(OC)c(OC)c3)SC2=S)sc2c1CCCC2. The molecule has 4 rings (SSSR count). The maximum absolute atomic E-state index is 13.1. The number of carbonyl (C=O) groups is 3. The highest BCUT2D eigenvalue weighted by atomic mass is 32.2. The Labute approximate surface area is 240 Å². The minimum atomic E-state index is -0.416. The van der Waals surface area contributed by atoms with Gasteiger partial charge in [0.15, 0.2) is 11.5 Å². The molecule has 1 aliphatic carbocycles. The van der Waals surface area contributed by atoms with Crippen molar-refractivity contribution in [3.05, 3.63) is 38.6 Å². The van der Waals surface area contributed by atoms with E-state index in [1.165, 1.54) is 37.6 Å². The lowest BCUT2D eigenvalue weighted by Gasteiger charge is -2.14. The van der Waals surface area contributed by atoms with Crippen molar-refractivity contribution in [2.24, 2.45) is 0 Å². The fourth-order valence-electron chi connectivity index (χ4n) is 4.50. The molecular weight excluding hydrogens is 561 g/mol. The van der Waals surface area contributed by atoms with E-state index in [0.29, 0.717) is 42.6 Å². The lowest BCUT2D eigenvalue weighted by molar-refractivity contribution is -0.122. The number of nitrogens with zero attached hydrogens (tertiary/aromatic N) is 1. The molecule has 12 heteroatoms. The Morgan fingerprint density at radius 2 is 1.79 bits per heavy atom. The van der Waals surface area contributed by atoms with Gasteiger partial charge in [0.25, 0.3) is 5.91 Å². The smallest absolute Gasteiger partial charge is 0.341 e. The van der Waals surface area contributed by atoms with Crippen LogP contribution in [0.15, 0.2) is 17.0 Å². The average molecular weight is 591 g/mol. The molecule has 9 nitrogen and oxygen atoms in total. The molecule has 0 saturated carbocycles. The second-order valence-corrected chi connectivity index (χ2v) is 11.5. The molecule has 0 radical (unpaired) electrons. The average Bonchev–Trinajstić information content (AvgIpc) is 3.42. The lowest BCUT2D eigenvalue weighted by Crippen LogP contribution is -2.31. The Morgan fingerprint density at radius 3 is 2.44 bits per heavy atom. The Kier molecular flexibility index (Phi) is 9.52. The van der Waals surface area contributed by atoms with Crippen LogP contribution in [0.25, 0.3) is 6.08 Å². The number of amides is 2. The lowest BCUT2D eigenvalue weighted by atomic mass is 9.95. The van der Waals surface area contributed by atoms with Crippen LogP contribution in [0.2, 0.25) is 0 Å². The van der Waals surface area contributed by atoms with E-state index in [9.17, 15) is 14.4 Å². The summed E-state index contributed by atoms with van der Waals surface area (Å²) in [6.45, 7) is 2.13. The molecule has 0 atom stereocenters. The van der Waals surface area contributed by atoms with Crippen LogP contribution < -0.4 is 19.5 Å². The van der Waals surface area contributed by atoms with Crippen molar-refractivity contribution in [2.75, 3.05) is 39.8 Å². The molecule has 1 aromatic heterocycles. The zero-order chi connectivity index (χ0) is 28.1. The van der Waals surface area contributed by atoms with Gasteiger partial charge in [0.05, 0.1) is 38.4 Å². The van der Waals surface area contributed by atoms with E-state index in [2.05, 4.69) is 5.32 Å². The quantitative estimate of drug-likeness (QED) is 0.231. The van der Waals surface area contributed by atoms with Crippen LogP contribution >= 0.6 is 35.3 Å². The zero-order valence-corrected chi connectivity index (χ0v) is 24.7. The highest BCUT2D eigenvalue weighted by molar-refractivity contribution is 8.26. The van der Waals surface area contributed by atoms with Crippen LogP contribution in [0.1, 0.15) is 52.5 Å². The molecule has 2 aliphatic rings. The number of anilines is 1. The molecule has 0 bridgehead atoms. The Balaban J connectivity index is 1.45. The second-order valence-electron chi connectivity index (χ2n) is 8.73. The summed E-state index contributed by atoms with van der Waals surface area (Å²) < 4.78 is 21.8. The normalized spacial score (nSPS) is 15.8. The van der Waals surface area contributed by atoms with Crippen molar-refractivity contribution in [3.63, 3.8) is 0 Å². The van der Waals surface area contributed by atoms with Gasteiger partial charge in [0.2, 0.25) is 11.7 Å². The Morgan fingerprint density at radius 1 is 1.10 bits per heavy atom. The molecule has 2 amide bonds. The summed E-state index contributed by atoms with van der Waals surface area (Å²) >= 11 is 8.04. The van der Waals surface area contributed by atoms with Crippen molar-refractivity contribution >= 4 is 68.5 Å². The first-order valence-corrected chi connectivity index (χ1v) is 14.5. The van der Waals surface area contributed by atoms with E-state index in [1.807, 2.05) is 0 Å². The fourth-order valence-corrected chi connectivity index (χ4v) is 7.11. The summed E-state index contributed by atoms with van der Waals surface area (Å²) in [4.78, 5) is 41.7. The minimum absolute atomic E-state index is 0.0226. The number of rotatable bonds is 10.